The van der Waals surface area contributed by atoms with Crippen LogP contribution in [0.1, 0.15) is 62.5 Å². The van der Waals surface area contributed by atoms with Crippen molar-refractivity contribution in [2.24, 2.45) is 5.92 Å². The number of fused-ring (bicyclic) bond motifs is 1. The van der Waals surface area contributed by atoms with E-state index in [0.29, 0.717) is 18.9 Å². The van der Waals surface area contributed by atoms with Gasteiger partial charge in [-0.1, -0.05) is 29.8 Å². The predicted octanol–water partition coefficient (Wildman–Crippen LogP) is 5.54. The number of carbonyl (C=O) groups is 1. The smallest absolute Gasteiger partial charge is 0.306 e. The zero-order chi connectivity index (χ0) is 21.3. The molecule has 1 fully saturated rings. The maximum atomic E-state index is 11.2. The molecule has 0 unspecified atom stereocenters. The van der Waals surface area contributed by atoms with Crippen molar-refractivity contribution < 1.29 is 14.6 Å². The summed E-state index contributed by atoms with van der Waals surface area (Å²) in [7, 11) is 0. The number of hydrogen-bond acceptors (Lipinski definition) is 3. The van der Waals surface area contributed by atoms with Crippen molar-refractivity contribution in [2.75, 3.05) is 0 Å². The molecule has 1 heterocycles. The lowest BCUT2D eigenvalue weighted by molar-refractivity contribution is -0.143. The molecule has 158 valence electrons. The van der Waals surface area contributed by atoms with Gasteiger partial charge in [0.1, 0.15) is 11.6 Å². The largest absolute Gasteiger partial charge is 0.490 e. The predicted molar refractivity (Wildman–Crippen MR) is 118 cm³/mol. The summed E-state index contributed by atoms with van der Waals surface area (Å²) in [6, 6.07) is 15.0. The van der Waals surface area contributed by atoms with Crippen molar-refractivity contribution in [3.05, 3.63) is 59.4 Å². The van der Waals surface area contributed by atoms with Crippen LogP contribution in [0.5, 0.6) is 5.75 Å². The molecule has 2 aromatic carbocycles. The van der Waals surface area contributed by atoms with E-state index in [0.717, 1.165) is 41.9 Å². The maximum absolute atomic E-state index is 11.2. The highest BCUT2D eigenvalue weighted by molar-refractivity contribution is 5.78. The van der Waals surface area contributed by atoms with E-state index in [4.69, 9.17) is 9.72 Å². The minimum Gasteiger partial charge on any atom is -0.490 e. The molecule has 0 radical (unpaired) electrons. The van der Waals surface area contributed by atoms with E-state index in [9.17, 15) is 9.90 Å². The van der Waals surface area contributed by atoms with E-state index in [1.54, 1.807) is 0 Å². The summed E-state index contributed by atoms with van der Waals surface area (Å²) >= 11 is 0. The van der Waals surface area contributed by atoms with Crippen molar-refractivity contribution in [1.29, 1.82) is 0 Å². The van der Waals surface area contributed by atoms with Crippen molar-refractivity contribution in [3.8, 4) is 5.75 Å². The summed E-state index contributed by atoms with van der Waals surface area (Å²) in [5.41, 5.74) is 4.59. The highest BCUT2D eigenvalue weighted by Crippen LogP contribution is 2.30. The lowest BCUT2D eigenvalue weighted by Gasteiger charge is -2.26. The lowest BCUT2D eigenvalue weighted by Crippen LogP contribution is -2.27. The SMILES string of the molecule is Cc1cccc(Cc2nc3cc(O[C@H]4CC[C@@H](C(=O)O)CC4)ccc3n2C(C)C)c1. The second-order valence-electron chi connectivity index (χ2n) is 8.74. The second kappa shape index (κ2) is 8.50. The number of aryl methyl sites for hydroxylation is 1. The van der Waals surface area contributed by atoms with Gasteiger partial charge in [0.05, 0.1) is 23.1 Å². The summed E-state index contributed by atoms with van der Waals surface area (Å²) in [5, 5.41) is 9.18. The number of ether oxygens (including phenoxy) is 1. The quantitative estimate of drug-likeness (QED) is 0.584. The first-order valence-corrected chi connectivity index (χ1v) is 10.9. The van der Waals surface area contributed by atoms with Gasteiger partial charge in [-0.05, 0) is 64.2 Å². The summed E-state index contributed by atoms with van der Waals surface area (Å²) in [5.74, 6) is 0.968. The Bertz CT molecular complexity index is 1050. The highest BCUT2D eigenvalue weighted by Gasteiger charge is 2.27. The van der Waals surface area contributed by atoms with Gasteiger partial charge in [-0.3, -0.25) is 4.79 Å². The molecule has 1 N–H and O–H groups in total. The Balaban J connectivity index is 1.56. The molecule has 30 heavy (non-hydrogen) atoms. The van der Waals surface area contributed by atoms with Crippen molar-refractivity contribution in [1.82, 2.24) is 9.55 Å². The average Bonchev–Trinajstić information content (AvgIpc) is 3.05. The maximum Gasteiger partial charge on any atom is 0.306 e. The van der Waals surface area contributed by atoms with Crippen molar-refractivity contribution >= 4 is 17.0 Å². The third-order valence-electron chi connectivity index (χ3n) is 6.02. The molecule has 0 bridgehead atoms. The number of hydrogen-bond donors (Lipinski definition) is 1. The first-order chi connectivity index (χ1) is 14.4. The van der Waals surface area contributed by atoms with E-state index in [1.165, 1.54) is 11.1 Å². The van der Waals surface area contributed by atoms with Gasteiger partial charge in [0.25, 0.3) is 0 Å². The number of imidazole rings is 1. The van der Waals surface area contributed by atoms with Gasteiger partial charge < -0.3 is 14.4 Å². The fraction of sp³-hybridized carbons (Fsp3) is 0.440. The standard InChI is InChI=1S/C25H30N2O3/c1-16(2)27-23-12-11-21(30-20-9-7-19(8-10-20)25(28)29)15-22(23)26-24(27)14-18-6-4-5-17(3)13-18/h4-6,11-13,15-16,19-20H,7-10,14H2,1-3H3,(H,28,29)/t19-,20+. The summed E-state index contributed by atoms with van der Waals surface area (Å²) in [4.78, 5) is 16.1. The van der Waals surface area contributed by atoms with E-state index >= 15 is 0 Å². The number of benzene rings is 2. The molecule has 5 nitrogen and oxygen atoms in total. The summed E-state index contributed by atoms with van der Waals surface area (Å²) in [6.45, 7) is 6.49. The van der Waals surface area contributed by atoms with Crippen LogP contribution in [0.4, 0.5) is 0 Å². The second-order valence-corrected chi connectivity index (χ2v) is 8.74. The van der Waals surface area contributed by atoms with Crippen LogP contribution >= 0.6 is 0 Å². The van der Waals surface area contributed by atoms with Gasteiger partial charge in [-0.25, -0.2) is 4.98 Å². The fourth-order valence-corrected chi connectivity index (χ4v) is 4.53. The van der Waals surface area contributed by atoms with Gasteiger partial charge >= 0.3 is 5.97 Å². The molecule has 1 aliphatic carbocycles. The van der Waals surface area contributed by atoms with Crippen LogP contribution in [-0.4, -0.2) is 26.7 Å². The normalized spacial score (nSPS) is 19.3. The van der Waals surface area contributed by atoms with Crippen LogP contribution in [-0.2, 0) is 11.2 Å². The molecule has 1 aromatic heterocycles. The Labute approximate surface area is 177 Å². The van der Waals surface area contributed by atoms with Crippen LogP contribution in [0.2, 0.25) is 0 Å². The average molecular weight is 407 g/mol. The van der Waals surface area contributed by atoms with Crippen LogP contribution in [0.25, 0.3) is 11.0 Å². The molecule has 4 rings (SSSR count). The minimum absolute atomic E-state index is 0.0806. The zero-order valence-corrected chi connectivity index (χ0v) is 18.0. The van der Waals surface area contributed by atoms with Gasteiger partial charge in [0.2, 0.25) is 0 Å². The molecule has 0 atom stereocenters. The summed E-state index contributed by atoms with van der Waals surface area (Å²) in [6.07, 6.45) is 3.82. The van der Waals surface area contributed by atoms with Crippen LogP contribution in [0, 0.1) is 12.8 Å². The van der Waals surface area contributed by atoms with Crippen molar-refractivity contribution in [2.45, 2.75) is 65.0 Å². The number of carboxylic acids is 1. The number of rotatable bonds is 6. The Kier molecular flexibility index (Phi) is 5.80. The highest BCUT2D eigenvalue weighted by atomic mass is 16.5. The van der Waals surface area contributed by atoms with Gasteiger partial charge in [0.15, 0.2) is 0 Å². The summed E-state index contributed by atoms with van der Waals surface area (Å²) < 4.78 is 8.50. The number of nitrogens with zero attached hydrogens (tertiary/aromatic N) is 2. The number of carboxylic acid groups (broad SMARTS) is 1. The van der Waals surface area contributed by atoms with Gasteiger partial charge in [0, 0.05) is 18.5 Å². The monoisotopic (exact) mass is 406 g/mol. The molecule has 0 aliphatic heterocycles. The molecular formula is C25H30N2O3. The molecule has 1 aliphatic rings. The first-order valence-electron chi connectivity index (χ1n) is 10.9. The first kappa shape index (κ1) is 20.5. The van der Waals surface area contributed by atoms with E-state index in [-0.39, 0.29) is 12.0 Å². The van der Waals surface area contributed by atoms with E-state index < -0.39 is 5.97 Å². The Morgan fingerprint density at radius 2 is 1.93 bits per heavy atom. The van der Waals surface area contributed by atoms with Crippen LogP contribution < -0.4 is 4.74 Å². The Morgan fingerprint density at radius 3 is 2.60 bits per heavy atom. The molecule has 3 aromatic rings. The Morgan fingerprint density at radius 1 is 1.17 bits per heavy atom. The van der Waals surface area contributed by atoms with Gasteiger partial charge in [-0.15, -0.1) is 0 Å². The molecule has 0 amide bonds. The molecule has 5 heteroatoms. The lowest BCUT2D eigenvalue weighted by atomic mass is 9.87. The molecular weight excluding hydrogens is 376 g/mol. The fourth-order valence-electron chi connectivity index (χ4n) is 4.53. The van der Waals surface area contributed by atoms with Crippen LogP contribution in [0.15, 0.2) is 42.5 Å². The van der Waals surface area contributed by atoms with E-state index in [1.807, 2.05) is 12.1 Å². The Hall–Kier alpha value is -2.82. The van der Waals surface area contributed by atoms with E-state index in [2.05, 4.69) is 55.7 Å². The topological polar surface area (TPSA) is 64.3 Å². The zero-order valence-electron chi connectivity index (χ0n) is 18.0. The molecule has 0 spiro atoms. The minimum atomic E-state index is -0.685. The number of aliphatic carboxylic acids is 1. The molecule has 0 saturated heterocycles. The third-order valence-corrected chi connectivity index (χ3v) is 6.02. The van der Waals surface area contributed by atoms with Crippen LogP contribution in [0.3, 0.4) is 0 Å². The van der Waals surface area contributed by atoms with Crippen molar-refractivity contribution in [3.63, 3.8) is 0 Å². The third kappa shape index (κ3) is 4.35. The number of aromatic nitrogens is 2. The van der Waals surface area contributed by atoms with Gasteiger partial charge in [-0.2, -0.15) is 0 Å². The molecule has 1 saturated carbocycles.